The van der Waals surface area contributed by atoms with Gasteiger partial charge in [0.05, 0.1) is 9.92 Å². The number of halogens is 2. The number of amides is 1. The first-order valence-electron chi connectivity index (χ1n) is 5.89. The second-order valence-corrected chi connectivity index (χ2v) is 7.34. The molecule has 0 radical (unpaired) electrons. The maximum atomic E-state index is 12.5. The van der Waals surface area contributed by atoms with Crippen molar-refractivity contribution in [1.29, 1.82) is 0 Å². The van der Waals surface area contributed by atoms with Crippen LogP contribution in [0.5, 0.6) is 0 Å². The van der Waals surface area contributed by atoms with Gasteiger partial charge in [-0.3, -0.25) is 4.79 Å². The third kappa shape index (κ3) is 3.04. The molecule has 0 bridgehead atoms. The largest absolute Gasteiger partial charge is 0.355 e. The third-order valence-corrected chi connectivity index (χ3v) is 5.89. The molecular formula is C12H13Cl2NO3S. The quantitative estimate of drug-likeness (QED) is 0.909. The lowest BCUT2D eigenvalue weighted by Gasteiger charge is -2.15. The number of carbonyl (C=O) groups excluding carboxylic acids is 1. The lowest BCUT2D eigenvalue weighted by molar-refractivity contribution is -0.120. The monoisotopic (exact) mass is 321 g/mol. The van der Waals surface area contributed by atoms with Gasteiger partial charge >= 0.3 is 0 Å². The number of hydrogen-bond donors (Lipinski definition) is 1. The molecule has 0 aromatic heterocycles. The summed E-state index contributed by atoms with van der Waals surface area (Å²) in [5, 5.41) is 1.94. The summed E-state index contributed by atoms with van der Waals surface area (Å²) in [7, 11) is -3.78. The average molecular weight is 322 g/mol. The molecule has 1 aliphatic rings. The van der Waals surface area contributed by atoms with Gasteiger partial charge in [0.25, 0.3) is 0 Å². The predicted octanol–water partition coefficient (Wildman–Crippen LogP) is 2.44. The van der Waals surface area contributed by atoms with Gasteiger partial charge in [0.2, 0.25) is 5.91 Å². The minimum atomic E-state index is -3.78. The van der Waals surface area contributed by atoms with Crippen LogP contribution in [-0.2, 0) is 14.6 Å². The van der Waals surface area contributed by atoms with Crippen molar-refractivity contribution in [2.45, 2.75) is 29.4 Å². The van der Waals surface area contributed by atoms with E-state index in [4.69, 9.17) is 23.2 Å². The van der Waals surface area contributed by atoms with Crippen molar-refractivity contribution in [1.82, 2.24) is 5.32 Å². The second-order valence-electron chi connectivity index (χ2n) is 4.40. The smallest absolute Gasteiger partial charge is 0.238 e. The Morgan fingerprint density at radius 3 is 2.63 bits per heavy atom. The van der Waals surface area contributed by atoms with E-state index in [1.165, 1.54) is 18.2 Å². The number of hydrogen-bond acceptors (Lipinski definition) is 3. The van der Waals surface area contributed by atoms with Gasteiger partial charge in [-0.25, -0.2) is 8.42 Å². The molecule has 1 N–H and O–H groups in total. The first-order chi connectivity index (χ1) is 8.93. The Balaban J connectivity index is 2.43. The minimum Gasteiger partial charge on any atom is -0.355 e. The van der Waals surface area contributed by atoms with Crippen LogP contribution < -0.4 is 5.32 Å². The Labute approximate surface area is 122 Å². The highest BCUT2D eigenvalue weighted by atomic mass is 35.5. The Hall–Kier alpha value is -0.780. The van der Waals surface area contributed by atoms with E-state index in [-0.39, 0.29) is 9.92 Å². The summed E-state index contributed by atoms with van der Waals surface area (Å²) < 4.78 is 25.0. The molecule has 0 aliphatic carbocycles. The van der Waals surface area contributed by atoms with E-state index in [1.807, 2.05) is 0 Å². The van der Waals surface area contributed by atoms with E-state index in [1.54, 1.807) is 0 Å². The minimum absolute atomic E-state index is 0.0411. The predicted molar refractivity (Wildman–Crippen MR) is 74.3 cm³/mol. The molecule has 0 saturated carbocycles. The van der Waals surface area contributed by atoms with Crippen LogP contribution in [0.25, 0.3) is 0 Å². The van der Waals surface area contributed by atoms with Crippen LogP contribution in [0, 0.1) is 0 Å². The zero-order valence-electron chi connectivity index (χ0n) is 10.0. The van der Waals surface area contributed by atoms with Crippen LogP contribution in [0.1, 0.15) is 19.3 Å². The van der Waals surface area contributed by atoms with E-state index in [9.17, 15) is 13.2 Å². The normalized spacial score (nSPS) is 20.7. The summed E-state index contributed by atoms with van der Waals surface area (Å²) in [6.45, 7) is 0.513. The summed E-state index contributed by atoms with van der Waals surface area (Å²) in [6, 6.07) is 4.16. The van der Waals surface area contributed by atoms with Crippen molar-refractivity contribution in [2.75, 3.05) is 6.54 Å². The Morgan fingerprint density at radius 2 is 1.95 bits per heavy atom. The first-order valence-corrected chi connectivity index (χ1v) is 8.20. The molecule has 1 aromatic carbocycles. The number of rotatable bonds is 2. The van der Waals surface area contributed by atoms with Gasteiger partial charge in [-0.15, -0.1) is 0 Å². The molecule has 4 nitrogen and oxygen atoms in total. The highest BCUT2D eigenvalue weighted by Crippen LogP contribution is 2.29. The molecule has 1 aromatic rings. The van der Waals surface area contributed by atoms with Crippen LogP contribution in [0.4, 0.5) is 0 Å². The molecule has 1 fully saturated rings. The van der Waals surface area contributed by atoms with Gasteiger partial charge in [-0.2, -0.15) is 0 Å². The summed E-state index contributed by atoms with van der Waals surface area (Å²) >= 11 is 11.7. The maximum Gasteiger partial charge on any atom is 0.238 e. The molecule has 104 valence electrons. The zero-order chi connectivity index (χ0) is 14.0. The molecule has 1 aliphatic heterocycles. The van der Waals surface area contributed by atoms with Gasteiger partial charge in [0.1, 0.15) is 5.25 Å². The number of nitrogens with one attached hydrogen (secondary N) is 1. The van der Waals surface area contributed by atoms with Crippen LogP contribution in [0.15, 0.2) is 23.1 Å². The highest BCUT2D eigenvalue weighted by molar-refractivity contribution is 7.93. The summed E-state index contributed by atoms with van der Waals surface area (Å²) in [4.78, 5) is 11.8. The molecule has 1 heterocycles. The first kappa shape index (κ1) is 14.6. The second kappa shape index (κ2) is 5.69. The number of carbonyl (C=O) groups is 1. The standard InChI is InChI=1S/C12H13Cl2NO3S/c13-8-4-5-10(9(14)7-8)19(17,18)11-3-1-2-6-15-12(11)16/h4-5,7,11H,1-3,6H2,(H,15,16). The molecule has 0 spiro atoms. The van der Waals surface area contributed by atoms with Crippen LogP contribution >= 0.6 is 23.2 Å². The molecular weight excluding hydrogens is 309 g/mol. The summed E-state index contributed by atoms with van der Waals surface area (Å²) in [6.07, 6.45) is 1.78. The zero-order valence-corrected chi connectivity index (χ0v) is 12.4. The molecule has 2 rings (SSSR count). The maximum absolute atomic E-state index is 12.5. The van der Waals surface area contributed by atoms with Gasteiger partial charge in [-0.05, 0) is 37.5 Å². The van der Waals surface area contributed by atoms with Crippen molar-refractivity contribution in [3.8, 4) is 0 Å². The van der Waals surface area contributed by atoms with Crippen molar-refractivity contribution < 1.29 is 13.2 Å². The SMILES string of the molecule is O=C1NCCCCC1S(=O)(=O)c1ccc(Cl)cc1Cl. The van der Waals surface area contributed by atoms with Crippen LogP contribution in [-0.4, -0.2) is 26.1 Å². The number of sulfone groups is 1. The topological polar surface area (TPSA) is 63.2 Å². The molecule has 1 atom stereocenters. The fourth-order valence-electron chi connectivity index (χ4n) is 2.07. The van der Waals surface area contributed by atoms with Gasteiger partial charge in [0.15, 0.2) is 9.84 Å². The molecule has 1 saturated heterocycles. The van der Waals surface area contributed by atoms with Crippen LogP contribution in [0.3, 0.4) is 0 Å². The molecule has 1 unspecified atom stereocenters. The summed E-state index contributed by atoms with van der Waals surface area (Å²) in [5.41, 5.74) is 0. The van der Waals surface area contributed by atoms with E-state index >= 15 is 0 Å². The fourth-order valence-corrected chi connectivity index (χ4v) is 4.53. The number of benzene rings is 1. The molecule has 7 heteroatoms. The molecule has 19 heavy (non-hydrogen) atoms. The van der Waals surface area contributed by atoms with E-state index < -0.39 is 21.0 Å². The van der Waals surface area contributed by atoms with E-state index in [0.717, 1.165) is 6.42 Å². The van der Waals surface area contributed by atoms with E-state index in [0.29, 0.717) is 24.4 Å². The van der Waals surface area contributed by atoms with E-state index in [2.05, 4.69) is 5.32 Å². The lowest BCUT2D eigenvalue weighted by atomic mass is 10.2. The Bertz CT molecular complexity index is 601. The highest BCUT2D eigenvalue weighted by Gasteiger charge is 2.35. The van der Waals surface area contributed by atoms with Crippen molar-refractivity contribution >= 4 is 38.9 Å². The Kier molecular flexibility index (Phi) is 4.38. The Morgan fingerprint density at radius 1 is 1.21 bits per heavy atom. The lowest BCUT2D eigenvalue weighted by Crippen LogP contribution is -2.38. The van der Waals surface area contributed by atoms with Crippen molar-refractivity contribution in [3.63, 3.8) is 0 Å². The van der Waals surface area contributed by atoms with Gasteiger partial charge in [0, 0.05) is 11.6 Å². The van der Waals surface area contributed by atoms with Crippen molar-refractivity contribution in [3.05, 3.63) is 28.2 Å². The van der Waals surface area contributed by atoms with Gasteiger partial charge < -0.3 is 5.32 Å². The average Bonchev–Trinajstić information content (AvgIpc) is 2.53. The fraction of sp³-hybridized carbons (Fsp3) is 0.417. The van der Waals surface area contributed by atoms with Crippen molar-refractivity contribution in [2.24, 2.45) is 0 Å². The van der Waals surface area contributed by atoms with Crippen LogP contribution in [0.2, 0.25) is 10.0 Å². The summed E-state index contributed by atoms with van der Waals surface area (Å²) in [5.74, 6) is -0.455. The van der Waals surface area contributed by atoms with Gasteiger partial charge in [-0.1, -0.05) is 23.2 Å². The molecule has 1 amide bonds. The third-order valence-electron chi connectivity index (χ3n) is 3.06.